The second kappa shape index (κ2) is 13.7. The highest BCUT2D eigenvalue weighted by Gasteiger charge is 2.34. The molecule has 0 bridgehead atoms. The largest absolute Gasteiger partial charge is 0.357 e. The number of carbonyl (C=O) groups is 2. The number of hydrogen-bond acceptors (Lipinski definition) is 4. The van der Waals surface area contributed by atoms with Crippen molar-refractivity contribution < 1.29 is 18.0 Å². The van der Waals surface area contributed by atoms with Crippen LogP contribution >= 0.6 is 11.6 Å². The van der Waals surface area contributed by atoms with Crippen LogP contribution < -0.4 is 9.62 Å². The lowest BCUT2D eigenvalue weighted by Gasteiger charge is -2.34. The fourth-order valence-corrected chi connectivity index (χ4v) is 6.35. The lowest BCUT2D eigenvalue weighted by molar-refractivity contribution is -0.139. The van der Waals surface area contributed by atoms with Crippen molar-refractivity contribution in [1.29, 1.82) is 0 Å². The Kier molecular flexibility index (Phi) is 10.0. The Morgan fingerprint density at radius 1 is 0.833 bits per heavy atom. The number of halogens is 1. The summed E-state index contributed by atoms with van der Waals surface area (Å²) in [6, 6.07) is 29.1. The zero-order valence-electron chi connectivity index (χ0n) is 23.8. The van der Waals surface area contributed by atoms with E-state index >= 15 is 0 Å². The first-order valence-electron chi connectivity index (χ1n) is 13.5. The lowest BCUT2D eigenvalue weighted by atomic mass is 10.0. The van der Waals surface area contributed by atoms with Gasteiger partial charge in [0, 0.05) is 25.0 Å². The van der Waals surface area contributed by atoms with E-state index in [4.69, 9.17) is 11.6 Å². The number of aryl methyl sites for hydroxylation is 2. The number of carbonyl (C=O) groups excluding carboxylic acids is 2. The van der Waals surface area contributed by atoms with Crippen LogP contribution in [-0.2, 0) is 32.6 Å². The number of sulfonamides is 1. The van der Waals surface area contributed by atoms with Crippen LogP contribution in [0.4, 0.5) is 5.69 Å². The average Bonchev–Trinajstić information content (AvgIpc) is 3.00. The van der Waals surface area contributed by atoms with Crippen molar-refractivity contribution >= 4 is 39.1 Å². The minimum atomic E-state index is -4.18. The molecule has 7 nitrogen and oxygen atoms in total. The molecule has 0 radical (unpaired) electrons. The highest BCUT2D eigenvalue weighted by molar-refractivity contribution is 7.92. The van der Waals surface area contributed by atoms with Gasteiger partial charge in [-0.2, -0.15) is 0 Å². The van der Waals surface area contributed by atoms with Gasteiger partial charge in [0.15, 0.2) is 0 Å². The molecule has 1 N–H and O–H groups in total. The maximum absolute atomic E-state index is 14.3. The fraction of sp³-hybridized carbons (Fsp3) is 0.212. The van der Waals surface area contributed by atoms with Gasteiger partial charge in [-0.25, -0.2) is 8.42 Å². The van der Waals surface area contributed by atoms with Crippen LogP contribution in [0.3, 0.4) is 0 Å². The quantitative estimate of drug-likeness (QED) is 0.244. The summed E-state index contributed by atoms with van der Waals surface area (Å²) < 4.78 is 29.1. The van der Waals surface area contributed by atoms with Gasteiger partial charge in [-0.15, -0.1) is 0 Å². The van der Waals surface area contributed by atoms with Gasteiger partial charge in [-0.3, -0.25) is 13.9 Å². The van der Waals surface area contributed by atoms with Crippen molar-refractivity contribution in [3.05, 3.63) is 130 Å². The van der Waals surface area contributed by atoms with Crippen molar-refractivity contribution in [2.45, 2.75) is 37.8 Å². The van der Waals surface area contributed by atoms with Gasteiger partial charge in [0.25, 0.3) is 10.0 Å². The molecule has 2 amide bonds. The van der Waals surface area contributed by atoms with Crippen LogP contribution in [0.1, 0.15) is 22.3 Å². The molecule has 0 saturated heterocycles. The molecule has 0 aliphatic rings. The van der Waals surface area contributed by atoms with Gasteiger partial charge in [0.2, 0.25) is 11.8 Å². The molecule has 0 spiro atoms. The molecule has 0 unspecified atom stereocenters. The van der Waals surface area contributed by atoms with Crippen molar-refractivity contribution in [2.75, 3.05) is 17.9 Å². The molecule has 9 heteroatoms. The third kappa shape index (κ3) is 7.38. The molecule has 0 saturated carbocycles. The molecule has 0 fully saturated rings. The van der Waals surface area contributed by atoms with Gasteiger partial charge >= 0.3 is 0 Å². The van der Waals surface area contributed by atoms with Gasteiger partial charge in [-0.05, 0) is 54.8 Å². The van der Waals surface area contributed by atoms with Crippen molar-refractivity contribution in [3.63, 3.8) is 0 Å². The maximum atomic E-state index is 14.3. The Morgan fingerprint density at radius 3 is 2.07 bits per heavy atom. The molecule has 218 valence electrons. The standard InChI is InChI=1S/C33H34ClN3O4S/c1-24-14-17-27(18-15-24)22-36(31(33(39)35-3)20-26-10-6-4-7-11-26)32(38)23-37(30-21-28(34)19-16-25(30)2)42(40,41)29-12-8-5-9-13-29/h4-19,21,31H,20,22-23H2,1-3H3,(H,35,39)/t31-/m0/s1. The number of rotatable bonds is 11. The van der Waals surface area contributed by atoms with E-state index in [1.807, 2.05) is 61.5 Å². The average molecular weight is 604 g/mol. The summed E-state index contributed by atoms with van der Waals surface area (Å²) in [5.41, 5.74) is 3.65. The zero-order valence-corrected chi connectivity index (χ0v) is 25.4. The lowest BCUT2D eigenvalue weighted by Crippen LogP contribution is -2.53. The summed E-state index contributed by atoms with van der Waals surface area (Å²) in [4.78, 5) is 29.2. The number of hydrogen-bond donors (Lipinski definition) is 1. The van der Waals surface area contributed by atoms with Crippen LogP contribution in [0.5, 0.6) is 0 Å². The van der Waals surface area contributed by atoms with E-state index in [0.717, 1.165) is 21.0 Å². The summed E-state index contributed by atoms with van der Waals surface area (Å²) in [5.74, 6) is -0.880. The van der Waals surface area contributed by atoms with Crippen LogP contribution in [0.2, 0.25) is 5.02 Å². The van der Waals surface area contributed by atoms with E-state index in [1.165, 1.54) is 30.1 Å². The molecule has 4 aromatic carbocycles. The molecule has 42 heavy (non-hydrogen) atoms. The molecule has 0 aliphatic heterocycles. The Morgan fingerprint density at radius 2 is 1.45 bits per heavy atom. The number of likely N-dealkylation sites (N-methyl/N-ethyl adjacent to an activating group) is 1. The van der Waals surface area contributed by atoms with E-state index in [-0.39, 0.29) is 29.5 Å². The third-order valence-corrected chi connectivity index (χ3v) is 9.05. The van der Waals surface area contributed by atoms with Crippen LogP contribution in [0.25, 0.3) is 0 Å². The Hall–Kier alpha value is -4.14. The van der Waals surface area contributed by atoms with E-state index in [0.29, 0.717) is 10.6 Å². The van der Waals surface area contributed by atoms with Crippen molar-refractivity contribution in [3.8, 4) is 0 Å². The molecule has 1 atom stereocenters. The first-order valence-corrected chi connectivity index (χ1v) is 15.4. The monoisotopic (exact) mass is 603 g/mol. The minimum Gasteiger partial charge on any atom is -0.357 e. The Bertz CT molecular complexity index is 1630. The summed E-state index contributed by atoms with van der Waals surface area (Å²) in [6.45, 7) is 3.30. The molecular weight excluding hydrogens is 570 g/mol. The summed E-state index contributed by atoms with van der Waals surface area (Å²) in [6.07, 6.45) is 0.250. The maximum Gasteiger partial charge on any atom is 0.264 e. The van der Waals surface area contributed by atoms with Crippen molar-refractivity contribution in [2.24, 2.45) is 0 Å². The first-order chi connectivity index (χ1) is 20.1. The summed E-state index contributed by atoms with van der Waals surface area (Å²) >= 11 is 6.31. The fourth-order valence-electron chi connectivity index (χ4n) is 4.70. The predicted molar refractivity (Wildman–Crippen MR) is 167 cm³/mol. The molecular formula is C33H34ClN3O4S. The van der Waals surface area contributed by atoms with E-state index in [9.17, 15) is 18.0 Å². The van der Waals surface area contributed by atoms with Crippen LogP contribution in [0, 0.1) is 13.8 Å². The Labute approximate surface area is 252 Å². The molecule has 4 aromatic rings. The zero-order chi connectivity index (χ0) is 30.3. The number of benzene rings is 4. The second-order valence-corrected chi connectivity index (χ2v) is 12.4. The molecule has 4 rings (SSSR count). The molecule has 0 aliphatic carbocycles. The number of anilines is 1. The van der Waals surface area contributed by atoms with Crippen molar-refractivity contribution in [1.82, 2.24) is 10.2 Å². The summed E-state index contributed by atoms with van der Waals surface area (Å²) in [5, 5.41) is 3.02. The van der Waals surface area contributed by atoms with Gasteiger partial charge in [-0.1, -0.05) is 96.0 Å². The SMILES string of the molecule is CNC(=O)[C@H](Cc1ccccc1)N(Cc1ccc(C)cc1)C(=O)CN(c1cc(Cl)ccc1C)S(=O)(=O)c1ccccc1. The number of nitrogens with one attached hydrogen (secondary N) is 1. The smallest absolute Gasteiger partial charge is 0.264 e. The highest BCUT2D eigenvalue weighted by atomic mass is 35.5. The minimum absolute atomic E-state index is 0.0365. The molecule has 0 aromatic heterocycles. The van der Waals surface area contributed by atoms with Gasteiger partial charge in [0.05, 0.1) is 10.6 Å². The highest BCUT2D eigenvalue weighted by Crippen LogP contribution is 2.30. The number of amides is 2. The second-order valence-electron chi connectivity index (χ2n) is 10.1. The topological polar surface area (TPSA) is 86.8 Å². The van der Waals surface area contributed by atoms with Gasteiger partial charge < -0.3 is 10.2 Å². The molecule has 0 heterocycles. The van der Waals surface area contributed by atoms with E-state index in [1.54, 1.807) is 37.3 Å². The summed E-state index contributed by atoms with van der Waals surface area (Å²) in [7, 11) is -2.66. The van der Waals surface area contributed by atoms with Crippen LogP contribution in [0.15, 0.2) is 108 Å². The van der Waals surface area contributed by atoms with E-state index in [2.05, 4.69) is 5.32 Å². The first kappa shape index (κ1) is 30.8. The number of nitrogens with zero attached hydrogens (tertiary/aromatic N) is 2. The predicted octanol–water partition coefficient (Wildman–Crippen LogP) is 5.54. The van der Waals surface area contributed by atoms with Gasteiger partial charge in [0.1, 0.15) is 12.6 Å². The van der Waals surface area contributed by atoms with Crippen LogP contribution in [-0.4, -0.2) is 44.8 Å². The third-order valence-electron chi connectivity index (χ3n) is 7.04. The Balaban J connectivity index is 1.81. The van der Waals surface area contributed by atoms with E-state index < -0.39 is 28.5 Å². The normalized spacial score (nSPS) is 11.9.